The summed E-state index contributed by atoms with van der Waals surface area (Å²) in [5, 5.41) is 0. The summed E-state index contributed by atoms with van der Waals surface area (Å²) in [5.74, 6) is -0.113. The van der Waals surface area contributed by atoms with Crippen LogP contribution in [0.2, 0.25) is 0 Å². The van der Waals surface area contributed by atoms with E-state index < -0.39 is 0 Å². The Morgan fingerprint density at radius 3 is 2.08 bits per heavy atom. The molecular weight excluding hydrogens is 194 g/mol. The molecule has 0 bridgehead atoms. The van der Waals surface area contributed by atoms with Gasteiger partial charge in [-0.25, -0.2) is 0 Å². The molecule has 0 unspecified atom stereocenters. The average molecular weight is 214 g/mol. The third-order valence-electron chi connectivity index (χ3n) is 1.44. The van der Waals surface area contributed by atoms with E-state index in [-0.39, 0.29) is 23.9 Å². The van der Waals surface area contributed by atoms with Gasteiger partial charge >= 0.3 is 5.97 Å². The molecule has 0 atom stereocenters. The largest absolute Gasteiger partial charge is 1.00 e. The first kappa shape index (κ1) is 18.5. The van der Waals surface area contributed by atoms with Gasteiger partial charge in [-0.15, -0.1) is 0 Å². The molecule has 5 heteroatoms. The Morgan fingerprint density at radius 1 is 1.31 bits per heavy atom. The van der Waals surface area contributed by atoms with Crippen molar-refractivity contribution in [2.24, 2.45) is 0 Å². The summed E-state index contributed by atoms with van der Waals surface area (Å²) < 4.78 is 5.42. The summed E-state index contributed by atoms with van der Waals surface area (Å²) in [5.41, 5.74) is 0. The van der Waals surface area contributed by atoms with Crippen molar-refractivity contribution in [3.05, 3.63) is 0 Å². The fourth-order valence-electron chi connectivity index (χ4n) is 0.800. The van der Waals surface area contributed by atoms with Crippen molar-refractivity contribution in [2.45, 2.75) is 12.8 Å². The van der Waals surface area contributed by atoms with Gasteiger partial charge in [0.1, 0.15) is 0 Å². The quantitative estimate of drug-likeness (QED) is 0.366. The van der Waals surface area contributed by atoms with Crippen molar-refractivity contribution in [1.82, 2.24) is 0 Å². The molecule has 0 aliphatic rings. The molecular formula is C8H20ClNO3. The van der Waals surface area contributed by atoms with Crippen molar-refractivity contribution in [3.8, 4) is 0 Å². The highest BCUT2D eigenvalue weighted by atomic mass is 35.5. The lowest BCUT2D eigenvalue weighted by molar-refractivity contribution is -0.870. The number of quaternary nitrogens is 1. The maximum absolute atomic E-state index is 10.7. The molecule has 0 fully saturated rings. The normalized spacial score (nSPS) is 9.54. The topological polar surface area (TPSA) is 57.8 Å². The monoisotopic (exact) mass is 213 g/mol. The Hall–Kier alpha value is -0.320. The van der Waals surface area contributed by atoms with Gasteiger partial charge in [-0.3, -0.25) is 4.79 Å². The van der Waals surface area contributed by atoms with E-state index in [2.05, 4.69) is 25.9 Å². The summed E-state index contributed by atoms with van der Waals surface area (Å²) in [6, 6.07) is 0. The highest BCUT2D eigenvalue weighted by molar-refractivity contribution is 5.68. The molecule has 0 saturated heterocycles. The molecule has 0 aromatic rings. The molecule has 2 N–H and O–H groups in total. The minimum absolute atomic E-state index is 0. The second kappa shape index (κ2) is 8.29. The first-order valence-electron chi connectivity index (χ1n) is 3.83. The molecule has 0 saturated carbocycles. The van der Waals surface area contributed by atoms with E-state index in [1.807, 2.05) is 0 Å². The summed E-state index contributed by atoms with van der Waals surface area (Å²) in [6.45, 7) is 1.01. The van der Waals surface area contributed by atoms with Gasteiger partial charge in [0.15, 0.2) is 0 Å². The van der Waals surface area contributed by atoms with Crippen molar-refractivity contribution in [3.63, 3.8) is 0 Å². The van der Waals surface area contributed by atoms with Gasteiger partial charge in [-0.1, -0.05) is 0 Å². The van der Waals surface area contributed by atoms with Crippen LogP contribution in [0.15, 0.2) is 0 Å². The van der Waals surface area contributed by atoms with Crippen LogP contribution < -0.4 is 12.4 Å². The summed E-state index contributed by atoms with van der Waals surface area (Å²) in [4.78, 5) is 10.7. The molecule has 4 nitrogen and oxygen atoms in total. The van der Waals surface area contributed by atoms with Crippen LogP contribution in [0.3, 0.4) is 0 Å². The summed E-state index contributed by atoms with van der Waals surface area (Å²) in [7, 11) is 7.75. The first-order valence-corrected chi connectivity index (χ1v) is 3.83. The molecule has 0 amide bonds. The fraction of sp³-hybridized carbons (Fsp3) is 0.875. The maximum Gasteiger partial charge on any atom is 0.305 e. The zero-order chi connectivity index (χ0) is 8.91. The molecule has 82 valence electrons. The zero-order valence-corrected chi connectivity index (χ0v) is 9.52. The number of halogens is 1. The lowest BCUT2D eigenvalue weighted by Gasteiger charge is -2.23. The second-order valence-electron chi connectivity index (χ2n) is 3.69. The van der Waals surface area contributed by atoms with Crippen molar-refractivity contribution in [1.29, 1.82) is 0 Å². The van der Waals surface area contributed by atoms with Gasteiger partial charge in [0.05, 0.1) is 41.2 Å². The van der Waals surface area contributed by atoms with E-state index in [1.54, 1.807) is 0 Å². The number of methoxy groups -OCH3 is 1. The SMILES string of the molecule is COC(=O)CCC[N+](C)(C)C.O.[Cl-]. The third-order valence-corrected chi connectivity index (χ3v) is 1.44. The summed E-state index contributed by atoms with van der Waals surface area (Å²) >= 11 is 0. The van der Waals surface area contributed by atoms with E-state index in [1.165, 1.54) is 7.11 Å². The van der Waals surface area contributed by atoms with E-state index in [0.717, 1.165) is 17.4 Å². The highest BCUT2D eigenvalue weighted by Crippen LogP contribution is 1.97. The molecule has 0 aliphatic carbocycles. The van der Waals surface area contributed by atoms with Crippen molar-refractivity contribution < 1.29 is 31.9 Å². The predicted octanol–water partition coefficient (Wildman–Crippen LogP) is -3.17. The second-order valence-corrected chi connectivity index (χ2v) is 3.69. The number of hydrogen-bond acceptors (Lipinski definition) is 2. The Labute approximate surface area is 86.2 Å². The minimum Gasteiger partial charge on any atom is -1.00 e. The van der Waals surface area contributed by atoms with Gasteiger partial charge in [0, 0.05) is 6.42 Å². The number of hydrogen-bond donors (Lipinski definition) is 0. The number of nitrogens with zero attached hydrogens (tertiary/aromatic N) is 1. The molecule has 0 aliphatic heterocycles. The van der Waals surface area contributed by atoms with E-state index in [4.69, 9.17) is 0 Å². The molecule has 0 spiro atoms. The minimum atomic E-state index is -0.113. The molecule has 0 radical (unpaired) electrons. The van der Waals surface area contributed by atoms with Gasteiger partial charge in [-0.2, -0.15) is 0 Å². The highest BCUT2D eigenvalue weighted by Gasteiger charge is 2.08. The van der Waals surface area contributed by atoms with Crippen LogP contribution in [0.5, 0.6) is 0 Å². The Bertz CT molecular complexity index is 134. The molecule has 13 heavy (non-hydrogen) atoms. The fourth-order valence-corrected chi connectivity index (χ4v) is 0.800. The molecule has 0 aromatic carbocycles. The number of carbonyl (C=O) groups is 1. The Balaban J connectivity index is -0.000000500. The van der Waals surface area contributed by atoms with Crippen LogP contribution in [0.4, 0.5) is 0 Å². The van der Waals surface area contributed by atoms with Gasteiger partial charge in [0.2, 0.25) is 0 Å². The Kier molecular flexibility index (Phi) is 11.8. The smallest absolute Gasteiger partial charge is 0.305 e. The number of esters is 1. The van der Waals surface area contributed by atoms with Crippen LogP contribution >= 0.6 is 0 Å². The standard InChI is InChI=1S/C8H18NO2.ClH.H2O/c1-9(2,3)7-5-6-8(10)11-4;;/h5-7H2,1-4H3;1H;1H2/q+1;;/p-1. The molecule has 0 heterocycles. The van der Waals surface area contributed by atoms with Gasteiger partial charge < -0.3 is 27.1 Å². The van der Waals surface area contributed by atoms with Crippen molar-refractivity contribution >= 4 is 5.97 Å². The van der Waals surface area contributed by atoms with E-state index >= 15 is 0 Å². The van der Waals surface area contributed by atoms with Gasteiger partial charge in [-0.05, 0) is 0 Å². The lowest BCUT2D eigenvalue weighted by Crippen LogP contribution is -3.00. The van der Waals surface area contributed by atoms with E-state index in [9.17, 15) is 4.79 Å². The zero-order valence-electron chi connectivity index (χ0n) is 8.76. The third kappa shape index (κ3) is 14.5. The number of ether oxygens (including phenoxy) is 1. The molecule has 0 aromatic heterocycles. The van der Waals surface area contributed by atoms with Crippen LogP contribution in [0, 0.1) is 0 Å². The average Bonchev–Trinajstić information content (AvgIpc) is 1.85. The van der Waals surface area contributed by atoms with Crippen LogP contribution in [-0.2, 0) is 9.53 Å². The lowest BCUT2D eigenvalue weighted by atomic mass is 10.3. The van der Waals surface area contributed by atoms with Gasteiger partial charge in [0.25, 0.3) is 0 Å². The summed E-state index contributed by atoms with van der Waals surface area (Å²) in [6.07, 6.45) is 1.43. The number of carbonyl (C=O) groups excluding carboxylic acids is 1. The van der Waals surface area contributed by atoms with E-state index in [0.29, 0.717) is 6.42 Å². The van der Waals surface area contributed by atoms with Crippen molar-refractivity contribution in [2.75, 3.05) is 34.8 Å². The van der Waals surface area contributed by atoms with Crippen LogP contribution in [0.25, 0.3) is 0 Å². The Morgan fingerprint density at radius 2 is 1.77 bits per heavy atom. The maximum atomic E-state index is 10.7. The van der Waals surface area contributed by atoms with Crippen LogP contribution in [-0.4, -0.2) is 50.7 Å². The number of rotatable bonds is 4. The predicted molar refractivity (Wildman–Crippen MR) is 47.8 cm³/mol. The first-order chi connectivity index (χ1) is 4.95. The molecule has 0 rings (SSSR count). The van der Waals surface area contributed by atoms with Crippen LogP contribution in [0.1, 0.15) is 12.8 Å².